The highest BCUT2D eigenvalue weighted by atomic mass is 127. The standard InChI is InChI=1S/C21H36N4O4.HI/c1-9-28-16-11-10-15(12-17(16)27-8)13-23-18(22-7)24-14-21(5,6)25-19(26)29-20(2,3)4;/h10-12H,9,13-14H2,1-8H3,(H,25,26)(H2,22,23,24);1H. The Morgan fingerprint density at radius 1 is 1.10 bits per heavy atom. The third-order valence-corrected chi connectivity index (χ3v) is 3.75. The number of amides is 1. The van der Waals surface area contributed by atoms with E-state index in [1.54, 1.807) is 14.2 Å². The molecule has 0 fully saturated rings. The molecule has 0 spiro atoms. The van der Waals surface area contributed by atoms with E-state index in [-0.39, 0.29) is 24.0 Å². The average molecular weight is 536 g/mol. The van der Waals surface area contributed by atoms with Crippen LogP contribution in [0.4, 0.5) is 4.79 Å². The highest BCUT2D eigenvalue weighted by molar-refractivity contribution is 14.0. The quantitative estimate of drug-likeness (QED) is 0.267. The van der Waals surface area contributed by atoms with E-state index in [4.69, 9.17) is 14.2 Å². The number of benzene rings is 1. The van der Waals surface area contributed by atoms with Crippen molar-refractivity contribution in [3.8, 4) is 11.5 Å². The number of methoxy groups -OCH3 is 1. The molecule has 0 heterocycles. The zero-order valence-corrected chi connectivity index (χ0v) is 21.7. The molecule has 1 aromatic rings. The van der Waals surface area contributed by atoms with Gasteiger partial charge in [0, 0.05) is 20.1 Å². The molecule has 0 aliphatic rings. The smallest absolute Gasteiger partial charge is 0.408 e. The van der Waals surface area contributed by atoms with Crippen LogP contribution in [0.15, 0.2) is 23.2 Å². The number of alkyl carbamates (subject to hydrolysis) is 1. The molecule has 0 saturated heterocycles. The van der Waals surface area contributed by atoms with Crippen molar-refractivity contribution >= 4 is 36.0 Å². The second-order valence-corrected chi connectivity index (χ2v) is 8.21. The van der Waals surface area contributed by atoms with Gasteiger partial charge in [-0.3, -0.25) is 4.99 Å². The van der Waals surface area contributed by atoms with Gasteiger partial charge in [0.25, 0.3) is 0 Å². The number of carbonyl (C=O) groups excluding carboxylic acids is 1. The van der Waals surface area contributed by atoms with Gasteiger partial charge in [-0.1, -0.05) is 6.07 Å². The van der Waals surface area contributed by atoms with E-state index in [1.165, 1.54) is 0 Å². The summed E-state index contributed by atoms with van der Waals surface area (Å²) >= 11 is 0. The number of hydrogen-bond acceptors (Lipinski definition) is 5. The molecule has 0 aromatic heterocycles. The van der Waals surface area contributed by atoms with Crippen molar-refractivity contribution in [3.05, 3.63) is 23.8 Å². The topological polar surface area (TPSA) is 93.2 Å². The normalized spacial score (nSPS) is 11.8. The summed E-state index contributed by atoms with van der Waals surface area (Å²) in [4.78, 5) is 16.2. The monoisotopic (exact) mass is 536 g/mol. The van der Waals surface area contributed by atoms with Crippen molar-refractivity contribution in [1.82, 2.24) is 16.0 Å². The maximum absolute atomic E-state index is 12.0. The number of nitrogens with one attached hydrogen (secondary N) is 3. The fraction of sp³-hybridized carbons (Fsp3) is 0.619. The largest absolute Gasteiger partial charge is 0.493 e. The number of hydrogen-bond donors (Lipinski definition) is 3. The SMILES string of the molecule is CCOc1ccc(CNC(=NC)NCC(C)(C)NC(=O)OC(C)(C)C)cc1OC.I. The maximum atomic E-state index is 12.0. The molecule has 1 rings (SSSR count). The van der Waals surface area contributed by atoms with Gasteiger partial charge in [-0.15, -0.1) is 24.0 Å². The molecule has 9 heteroatoms. The van der Waals surface area contributed by atoms with Crippen LogP contribution >= 0.6 is 24.0 Å². The average Bonchev–Trinajstić information content (AvgIpc) is 2.60. The van der Waals surface area contributed by atoms with Crippen LogP contribution in [-0.4, -0.2) is 50.5 Å². The van der Waals surface area contributed by atoms with Gasteiger partial charge in [-0.2, -0.15) is 0 Å². The lowest BCUT2D eigenvalue weighted by Gasteiger charge is -2.29. The molecular formula is C21H37IN4O4. The van der Waals surface area contributed by atoms with Gasteiger partial charge in [0.15, 0.2) is 17.5 Å². The molecule has 0 radical (unpaired) electrons. The molecule has 0 atom stereocenters. The minimum absolute atomic E-state index is 0. The summed E-state index contributed by atoms with van der Waals surface area (Å²) in [6.07, 6.45) is -0.450. The molecule has 30 heavy (non-hydrogen) atoms. The third kappa shape index (κ3) is 10.7. The summed E-state index contributed by atoms with van der Waals surface area (Å²) in [6, 6.07) is 5.80. The molecule has 1 amide bonds. The number of rotatable bonds is 8. The summed E-state index contributed by atoms with van der Waals surface area (Å²) in [6.45, 7) is 12.9. The Balaban J connectivity index is 0.00000841. The second kappa shape index (κ2) is 12.7. The Bertz CT molecular complexity index is 703. The van der Waals surface area contributed by atoms with Crippen molar-refractivity contribution < 1.29 is 19.0 Å². The highest BCUT2D eigenvalue weighted by Crippen LogP contribution is 2.27. The van der Waals surface area contributed by atoms with Crippen molar-refractivity contribution in [1.29, 1.82) is 0 Å². The van der Waals surface area contributed by atoms with Crippen LogP contribution in [-0.2, 0) is 11.3 Å². The lowest BCUT2D eigenvalue weighted by molar-refractivity contribution is 0.0474. The Hall–Kier alpha value is -1.91. The molecular weight excluding hydrogens is 499 g/mol. The highest BCUT2D eigenvalue weighted by Gasteiger charge is 2.24. The lowest BCUT2D eigenvalue weighted by atomic mass is 10.1. The van der Waals surface area contributed by atoms with E-state index in [1.807, 2.05) is 59.7 Å². The Morgan fingerprint density at radius 3 is 2.30 bits per heavy atom. The summed E-state index contributed by atoms with van der Waals surface area (Å²) < 4.78 is 16.2. The fourth-order valence-electron chi connectivity index (χ4n) is 2.43. The van der Waals surface area contributed by atoms with Crippen LogP contribution < -0.4 is 25.4 Å². The van der Waals surface area contributed by atoms with Gasteiger partial charge < -0.3 is 30.2 Å². The molecule has 8 nitrogen and oxygen atoms in total. The summed E-state index contributed by atoms with van der Waals surface area (Å²) in [7, 11) is 3.32. The molecule has 0 aliphatic carbocycles. The first-order valence-corrected chi connectivity index (χ1v) is 9.75. The van der Waals surface area contributed by atoms with E-state index in [9.17, 15) is 4.79 Å². The van der Waals surface area contributed by atoms with Gasteiger partial charge >= 0.3 is 6.09 Å². The van der Waals surface area contributed by atoms with Crippen molar-refractivity contribution in [2.24, 2.45) is 4.99 Å². The molecule has 0 bridgehead atoms. The number of carbonyl (C=O) groups is 1. The zero-order valence-electron chi connectivity index (χ0n) is 19.3. The second-order valence-electron chi connectivity index (χ2n) is 8.21. The minimum Gasteiger partial charge on any atom is -0.493 e. The van der Waals surface area contributed by atoms with E-state index in [2.05, 4.69) is 20.9 Å². The van der Waals surface area contributed by atoms with Crippen LogP contribution in [0.25, 0.3) is 0 Å². The van der Waals surface area contributed by atoms with Crippen molar-refractivity contribution in [3.63, 3.8) is 0 Å². The number of ether oxygens (including phenoxy) is 3. The first kappa shape index (κ1) is 28.1. The van der Waals surface area contributed by atoms with Crippen molar-refractivity contribution in [2.75, 3.05) is 27.3 Å². The predicted octanol–water partition coefficient (Wildman–Crippen LogP) is 3.68. The molecule has 0 saturated carbocycles. The van der Waals surface area contributed by atoms with Crippen LogP contribution in [0, 0.1) is 0 Å². The first-order valence-electron chi connectivity index (χ1n) is 9.75. The van der Waals surface area contributed by atoms with Gasteiger partial charge in [0.05, 0.1) is 19.3 Å². The van der Waals surface area contributed by atoms with E-state index >= 15 is 0 Å². The van der Waals surface area contributed by atoms with E-state index in [0.717, 1.165) is 11.3 Å². The van der Waals surface area contributed by atoms with Crippen LogP contribution in [0.2, 0.25) is 0 Å². The number of nitrogens with zero attached hydrogens (tertiary/aromatic N) is 1. The number of guanidine groups is 1. The fourth-order valence-corrected chi connectivity index (χ4v) is 2.43. The molecule has 3 N–H and O–H groups in total. The number of halogens is 1. The third-order valence-electron chi connectivity index (χ3n) is 3.75. The van der Waals surface area contributed by atoms with E-state index < -0.39 is 17.2 Å². The summed E-state index contributed by atoms with van der Waals surface area (Å²) in [5.74, 6) is 2.03. The van der Waals surface area contributed by atoms with Gasteiger partial charge in [0.1, 0.15) is 5.60 Å². The molecule has 0 unspecified atom stereocenters. The molecule has 1 aromatic carbocycles. The molecule has 172 valence electrons. The molecule has 0 aliphatic heterocycles. The van der Waals surface area contributed by atoms with Gasteiger partial charge in [-0.05, 0) is 59.2 Å². The Kier molecular flexibility index (Phi) is 11.9. The van der Waals surface area contributed by atoms with Gasteiger partial charge in [0.2, 0.25) is 0 Å². The maximum Gasteiger partial charge on any atom is 0.408 e. The summed E-state index contributed by atoms with van der Waals surface area (Å²) in [5.41, 5.74) is -0.0360. The van der Waals surface area contributed by atoms with E-state index in [0.29, 0.717) is 31.4 Å². The Morgan fingerprint density at radius 2 is 1.77 bits per heavy atom. The Labute approximate surface area is 197 Å². The van der Waals surface area contributed by atoms with Gasteiger partial charge in [-0.25, -0.2) is 4.79 Å². The first-order chi connectivity index (χ1) is 13.5. The van der Waals surface area contributed by atoms with Crippen molar-refractivity contribution in [2.45, 2.75) is 59.2 Å². The predicted molar refractivity (Wildman–Crippen MR) is 131 cm³/mol. The van der Waals surface area contributed by atoms with Crippen LogP contribution in [0.1, 0.15) is 47.1 Å². The number of aliphatic imine (C=N–C) groups is 1. The van der Waals surface area contributed by atoms with Crippen LogP contribution in [0.3, 0.4) is 0 Å². The zero-order chi connectivity index (χ0) is 22.1. The lowest BCUT2D eigenvalue weighted by Crippen LogP contribution is -2.54. The van der Waals surface area contributed by atoms with Crippen LogP contribution in [0.5, 0.6) is 11.5 Å². The summed E-state index contributed by atoms with van der Waals surface area (Å²) in [5, 5.41) is 9.33. The minimum atomic E-state index is -0.538.